The van der Waals surface area contributed by atoms with Gasteiger partial charge in [0.15, 0.2) is 0 Å². The highest BCUT2D eigenvalue weighted by molar-refractivity contribution is 6.20. The molecular weight excluding hydrogens is 1240 g/mol. The van der Waals surface area contributed by atoms with Crippen molar-refractivity contribution in [3.8, 4) is 6.07 Å². The van der Waals surface area contributed by atoms with E-state index < -0.39 is 151 Å². The Balaban J connectivity index is 1.59. The number of rotatable bonds is 13. The first-order chi connectivity index (χ1) is 44.8. The fourth-order valence-electron chi connectivity index (χ4n) is 14.1. The van der Waals surface area contributed by atoms with E-state index in [1.165, 1.54) is 63.9 Å². The van der Waals surface area contributed by atoms with Crippen LogP contribution in [0.15, 0.2) is 0 Å². The van der Waals surface area contributed by atoms with Gasteiger partial charge < -0.3 is 60.9 Å². The Labute approximate surface area is 569 Å². The summed E-state index contributed by atoms with van der Waals surface area (Å²) in [4.78, 5) is 184. The SMILES string of the molecule is CC[C@H](C)[C@@H]1NC(=O)[C@H](C)N(C)C(=O)C[C@@H](C(=O)N2CCCC2)NC(=O)[C@H](CC(C)C)NC(=O)[C@H](CC2CCCCC2)N(C)C(=O)[C@H](CC(C)C)NC(=O)[C@H](CC2CCCC(C#N)C2)NC(=O)CN(C)C(=O)[C@H](CC2CCC(Cl)CC2)N(C)C(=O)CN(C)C(=O)CN(C)C1=O. The third kappa shape index (κ3) is 23.6. The van der Waals surface area contributed by atoms with E-state index in [0.717, 1.165) is 53.2 Å². The summed E-state index contributed by atoms with van der Waals surface area (Å²) in [6.07, 6.45) is 11.8. The van der Waals surface area contributed by atoms with Crippen molar-refractivity contribution < 1.29 is 57.5 Å². The number of nitrogens with zero attached hydrogens (tertiary/aromatic N) is 8. The molecule has 5 rings (SSSR count). The number of alkyl halides is 1. The molecule has 12 amide bonds. The number of halogens is 1. The second kappa shape index (κ2) is 37.8. The first kappa shape index (κ1) is 79.1. The lowest BCUT2D eigenvalue weighted by molar-refractivity contribution is -0.148. The summed E-state index contributed by atoms with van der Waals surface area (Å²) in [5.74, 6) is -8.93. The number of carbonyl (C=O) groups excluding carboxylic acids is 12. The van der Waals surface area contributed by atoms with Crippen molar-refractivity contribution in [2.45, 2.75) is 243 Å². The average Bonchev–Trinajstić information content (AvgIpc) is 1.84. The maximum Gasteiger partial charge on any atom is 0.245 e. The molecule has 11 atom stereocenters. The summed E-state index contributed by atoms with van der Waals surface area (Å²) >= 11 is 6.51. The van der Waals surface area contributed by atoms with E-state index in [1.807, 2.05) is 34.6 Å². The summed E-state index contributed by atoms with van der Waals surface area (Å²) < 4.78 is 0. The molecule has 0 aromatic heterocycles. The number of carbonyl (C=O) groups is 12. The number of hydrogen-bond acceptors (Lipinski definition) is 13. The minimum Gasteiger partial charge on any atom is -0.343 e. The third-order valence-corrected chi connectivity index (χ3v) is 21.0. The first-order valence-corrected chi connectivity index (χ1v) is 35.6. The Morgan fingerprint density at radius 1 is 0.526 bits per heavy atom. The van der Waals surface area contributed by atoms with E-state index in [0.29, 0.717) is 77.3 Å². The van der Waals surface area contributed by atoms with Crippen LogP contribution < -0.4 is 26.6 Å². The van der Waals surface area contributed by atoms with Gasteiger partial charge in [0.05, 0.1) is 32.1 Å². The minimum absolute atomic E-state index is 0.0201. The molecule has 534 valence electrons. The highest BCUT2D eigenvalue weighted by Crippen LogP contribution is 2.34. The lowest BCUT2D eigenvalue weighted by Gasteiger charge is -2.36. The van der Waals surface area contributed by atoms with Gasteiger partial charge in [0.2, 0.25) is 70.9 Å². The molecule has 26 heteroatoms. The molecular formula is C69H114ClN13O12. The van der Waals surface area contributed by atoms with Crippen molar-refractivity contribution in [1.29, 1.82) is 5.26 Å². The number of likely N-dealkylation sites (tertiary alicyclic amines) is 1. The molecule has 5 fully saturated rings. The van der Waals surface area contributed by atoms with Crippen molar-refractivity contribution in [2.24, 2.45) is 41.4 Å². The Hall–Kier alpha value is -6.58. The predicted molar refractivity (Wildman–Crippen MR) is 360 cm³/mol. The Morgan fingerprint density at radius 3 is 1.69 bits per heavy atom. The van der Waals surface area contributed by atoms with Crippen LogP contribution in [0, 0.1) is 52.8 Å². The molecule has 2 saturated heterocycles. The van der Waals surface area contributed by atoms with Crippen molar-refractivity contribution in [3.63, 3.8) is 0 Å². The highest BCUT2D eigenvalue weighted by Gasteiger charge is 2.42. The molecule has 3 aliphatic carbocycles. The average molecular weight is 1350 g/mol. The van der Waals surface area contributed by atoms with E-state index in [-0.39, 0.29) is 73.0 Å². The molecule has 25 nitrogen and oxygen atoms in total. The smallest absolute Gasteiger partial charge is 0.245 e. The largest absolute Gasteiger partial charge is 0.343 e. The van der Waals surface area contributed by atoms with Gasteiger partial charge in [-0.2, -0.15) is 5.26 Å². The standard InChI is InChI=1S/C69H114ClN13O12/c1-14-44(6)61-69(95)79(10)40-59(86)77(8)41-60(87)81(12)56(36-47-25-27-50(70)28-26-47)68(94)78(9)39-57(84)72-52(34-48-23-20-24-49(33-48)38-71)64(90)74-53(32-43(4)5)66(92)82(13)55(35-46-21-16-15-17-22-46)65(91)73-51(31-42(2)3)63(89)75-54(67(93)83-29-18-19-30-83)37-58(85)80(11)45(7)62(88)76-61/h42-56,61H,14-37,39-41H2,1-13H3,(H,72,84)(H,73,91)(H,74,90)(H,75,89)(H,76,88)/t44-,45-,47?,48?,49?,50?,51-,52-,53-,54-,55-,56-,61-/m0/s1. The number of hydrogen-bond donors (Lipinski definition) is 5. The zero-order valence-electron chi connectivity index (χ0n) is 59.2. The van der Waals surface area contributed by atoms with Gasteiger partial charge in [0.25, 0.3) is 0 Å². The zero-order chi connectivity index (χ0) is 70.5. The van der Waals surface area contributed by atoms with Gasteiger partial charge in [-0.15, -0.1) is 11.6 Å². The number of likely N-dealkylation sites (N-methyl/N-ethyl adjacent to an activating group) is 6. The molecule has 5 aliphatic rings. The van der Waals surface area contributed by atoms with Crippen LogP contribution in [0.1, 0.15) is 190 Å². The van der Waals surface area contributed by atoms with E-state index in [4.69, 9.17) is 11.6 Å². The summed E-state index contributed by atoms with van der Waals surface area (Å²) in [5, 5.41) is 24.4. The Kier molecular flexibility index (Phi) is 31.5. The van der Waals surface area contributed by atoms with Gasteiger partial charge >= 0.3 is 0 Å². The Bertz CT molecular complexity index is 2710. The van der Waals surface area contributed by atoms with Crippen LogP contribution in [0.4, 0.5) is 0 Å². The van der Waals surface area contributed by atoms with Gasteiger partial charge in [-0.1, -0.05) is 92.9 Å². The molecule has 0 bridgehead atoms. The summed E-state index contributed by atoms with van der Waals surface area (Å²) in [6, 6.07) is -7.41. The highest BCUT2D eigenvalue weighted by atomic mass is 35.5. The summed E-state index contributed by atoms with van der Waals surface area (Å²) in [7, 11) is 8.56. The number of nitrogens with one attached hydrogen (secondary N) is 5. The van der Waals surface area contributed by atoms with E-state index >= 15 is 14.4 Å². The van der Waals surface area contributed by atoms with Crippen LogP contribution >= 0.6 is 11.6 Å². The van der Waals surface area contributed by atoms with E-state index in [2.05, 4.69) is 32.7 Å². The van der Waals surface area contributed by atoms with Crippen LogP contribution in [-0.4, -0.2) is 234 Å². The minimum atomic E-state index is -1.43. The van der Waals surface area contributed by atoms with Crippen molar-refractivity contribution >= 4 is 82.5 Å². The second-order valence-electron chi connectivity index (χ2n) is 29.2. The predicted octanol–water partition coefficient (Wildman–Crippen LogP) is 4.33. The van der Waals surface area contributed by atoms with Crippen LogP contribution in [0.5, 0.6) is 0 Å². The molecule has 2 unspecified atom stereocenters. The molecule has 0 aromatic carbocycles. The van der Waals surface area contributed by atoms with Gasteiger partial charge in [-0.05, 0) is 126 Å². The second-order valence-corrected chi connectivity index (χ2v) is 29.8. The normalized spacial score (nSPS) is 30.0. The van der Waals surface area contributed by atoms with E-state index in [1.54, 1.807) is 11.8 Å². The van der Waals surface area contributed by atoms with Gasteiger partial charge in [-0.25, -0.2) is 0 Å². The van der Waals surface area contributed by atoms with Crippen molar-refractivity contribution in [3.05, 3.63) is 0 Å². The first-order valence-electron chi connectivity index (χ1n) is 35.2. The zero-order valence-corrected chi connectivity index (χ0v) is 59.9. The monoisotopic (exact) mass is 1350 g/mol. The topological polar surface area (TPSA) is 311 Å². The number of nitriles is 1. The van der Waals surface area contributed by atoms with Gasteiger partial charge in [0.1, 0.15) is 48.3 Å². The summed E-state index contributed by atoms with van der Waals surface area (Å²) in [5.41, 5.74) is 0. The van der Waals surface area contributed by atoms with Crippen LogP contribution in [0.25, 0.3) is 0 Å². The molecule has 5 N–H and O–H groups in total. The maximum atomic E-state index is 15.3. The quantitative estimate of drug-likeness (QED) is 0.161. The Morgan fingerprint density at radius 2 is 1.08 bits per heavy atom. The molecule has 0 aromatic rings. The molecule has 0 spiro atoms. The van der Waals surface area contributed by atoms with Crippen LogP contribution in [-0.2, 0) is 57.5 Å². The molecule has 3 saturated carbocycles. The summed E-state index contributed by atoms with van der Waals surface area (Å²) in [6.45, 7) is 11.8. The van der Waals surface area contributed by atoms with Crippen LogP contribution in [0.2, 0.25) is 0 Å². The molecule has 2 heterocycles. The molecule has 2 aliphatic heterocycles. The van der Waals surface area contributed by atoms with Gasteiger partial charge in [0, 0.05) is 66.7 Å². The lowest BCUT2D eigenvalue weighted by atomic mass is 9.79. The number of amides is 12. The lowest BCUT2D eigenvalue weighted by Crippen LogP contribution is -2.60. The maximum absolute atomic E-state index is 15.3. The fraction of sp³-hybridized carbons (Fsp3) is 0.812. The van der Waals surface area contributed by atoms with Crippen molar-refractivity contribution in [1.82, 2.24) is 60.9 Å². The molecule has 0 radical (unpaired) electrons. The fourth-order valence-corrected chi connectivity index (χ4v) is 14.4. The van der Waals surface area contributed by atoms with Gasteiger partial charge in [-0.3, -0.25) is 57.5 Å². The van der Waals surface area contributed by atoms with Crippen molar-refractivity contribution in [2.75, 3.05) is 75.0 Å². The van der Waals surface area contributed by atoms with E-state index in [9.17, 15) is 48.4 Å². The van der Waals surface area contributed by atoms with Crippen LogP contribution in [0.3, 0.4) is 0 Å². The molecule has 95 heavy (non-hydrogen) atoms. The third-order valence-electron chi connectivity index (χ3n) is 20.6.